The molecule has 0 saturated carbocycles. The Morgan fingerprint density at radius 1 is 1.20 bits per heavy atom. The second-order valence-electron chi connectivity index (χ2n) is 6.13. The van der Waals surface area contributed by atoms with Crippen LogP contribution >= 0.6 is 0 Å². The Balaban J connectivity index is 1.86. The number of nitrogens with zero attached hydrogens (tertiary/aromatic N) is 2. The van der Waals surface area contributed by atoms with Gasteiger partial charge in [-0.25, -0.2) is 0 Å². The maximum atomic E-state index is 4.53. The number of nitrogens with one attached hydrogen (secondary N) is 1. The van der Waals surface area contributed by atoms with Crippen LogP contribution in [0.5, 0.6) is 0 Å². The van der Waals surface area contributed by atoms with E-state index < -0.39 is 0 Å². The van der Waals surface area contributed by atoms with Crippen LogP contribution in [-0.4, -0.2) is 35.6 Å². The number of piperidine rings is 1. The summed E-state index contributed by atoms with van der Waals surface area (Å²) in [5, 5.41) is 4.94. The van der Waals surface area contributed by atoms with Crippen LogP contribution < -0.4 is 5.32 Å². The Bertz CT molecular complexity index is 590. The number of benzene rings is 1. The molecule has 3 nitrogen and oxygen atoms in total. The topological polar surface area (TPSA) is 28.2 Å². The Morgan fingerprint density at radius 2 is 2.00 bits per heavy atom. The molecule has 1 N–H and O–H groups in total. The fourth-order valence-electron chi connectivity index (χ4n) is 3.16. The van der Waals surface area contributed by atoms with Crippen LogP contribution in [0.15, 0.2) is 36.5 Å². The molecule has 3 heteroatoms. The number of hydrogen-bond acceptors (Lipinski definition) is 3. The number of anilines is 1. The molecule has 3 unspecified atom stereocenters. The average molecular weight is 269 g/mol. The van der Waals surface area contributed by atoms with E-state index in [1.54, 1.807) is 0 Å². The first-order chi connectivity index (χ1) is 9.65. The van der Waals surface area contributed by atoms with Crippen molar-refractivity contribution < 1.29 is 0 Å². The van der Waals surface area contributed by atoms with Crippen molar-refractivity contribution in [1.82, 2.24) is 9.88 Å². The number of para-hydroxylation sites is 1. The average Bonchev–Trinajstić information content (AvgIpc) is 2.45. The van der Waals surface area contributed by atoms with E-state index in [9.17, 15) is 0 Å². The Labute approximate surface area is 121 Å². The minimum absolute atomic E-state index is 0.522. The summed E-state index contributed by atoms with van der Waals surface area (Å²) < 4.78 is 0. The van der Waals surface area contributed by atoms with E-state index in [1.807, 2.05) is 12.3 Å². The monoisotopic (exact) mass is 269 g/mol. The fraction of sp³-hybridized carbons (Fsp3) is 0.471. The molecule has 0 aliphatic carbocycles. The number of aromatic nitrogens is 1. The highest BCUT2D eigenvalue weighted by Crippen LogP contribution is 2.27. The Morgan fingerprint density at radius 3 is 2.85 bits per heavy atom. The van der Waals surface area contributed by atoms with Crippen LogP contribution in [0.3, 0.4) is 0 Å². The lowest BCUT2D eigenvalue weighted by Gasteiger charge is -2.40. The van der Waals surface area contributed by atoms with Crippen LogP contribution in [0.25, 0.3) is 10.9 Å². The predicted octanol–water partition coefficient (Wildman–Crippen LogP) is 3.38. The molecule has 0 amide bonds. The van der Waals surface area contributed by atoms with Gasteiger partial charge >= 0.3 is 0 Å². The number of fused-ring (bicyclic) bond motifs is 1. The third kappa shape index (κ3) is 2.50. The number of pyridine rings is 1. The molecule has 106 valence electrons. The molecule has 3 rings (SSSR count). The van der Waals surface area contributed by atoms with Crippen molar-refractivity contribution in [2.24, 2.45) is 5.92 Å². The van der Waals surface area contributed by atoms with Crippen LogP contribution in [0.1, 0.15) is 20.3 Å². The molecular weight excluding hydrogens is 246 g/mol. The lowest BCUT2D eigenvalue weighted by molar-refractivity contribution is 0.146. The van der Waals surface area contributed by atoms with Crippen molar-refractivity contribution >= 4 is 16.6 Å². The van der Waals surface area contributed by atoms with E-state index in [2.05, 4.69) is 60.4 Å². The molecule has 3 atom stereocenters. The second-order valence-corrected chi connectivity index (χ2v) is 6.13. The first-order valence-corrected chi connectivity index (χ1v) is 7.45. The Hall–Kier alpha value is -1.61. The summed E-state index contributed by atoms with van der Waals surface area (Å²) in [6.45, 7) is 5.79. The van der Waals surface area contributed by atoms with Crippen molar-refractivity contribution in [3.63, 3.8) is 0 Å². The zero-order chi connectivity index (χ0) is 14.1. The quantitative estimate of drug-likeness (QED) is 0.906. The molecule has 1 aliphatic rings. The molecule has 1 aliphatic heterocycles. The summed E-state index contributed by atoms with van der Waals surface area (Å²) >= 11 is 0. The molecule has 20 heavy (non-hydrogen) atoms. The first-order valence-electron chi connectivity index (χ1n) is 7.45. The minimum Gasteiger partial charge on any atom is -0.380 e. The third-order valence-electron chi connectivity index (χ3n) is 4.58. The van der Waals surface area contributed by atoms with E-state index >= 15 is 0 Å². The molecule has 2 aromatic rings. The van der Waals surface area contributed by atoms with Gasteiger partial charge in [0.2, 0.25) is 0 Å². The summed E-state index contributed by atoms with van der Waals surface area (Å²) in [5.74, 6) is 0.648. The second kappa shape index (κ2) is 5.41. The largest absolute Gasteiger partial charge is 0.380 e. The maximum Gasteiger partial charge on any atom is 0.0933 e. The van der Waals surface area contributed by atoms with Gasteiger partial charge in [-0.2, -0.15) is 0 Å². The Kier molecular flexibility index (Phi) is 3.62. The van der Waals surface area contributed by atoms with Gasteiger partial charge in [-0.15, -0.1) is 0 Å². The summed E-state index contributed by atoms with van der Waals surface area (Å²) in [7, 11) is 2.22. The molecule has 0 radical (unpaired) electrons. The van der Waals surface area contributed by atoms with Gasteiger partial charge in [-0.1, -0.05) is 25.1 Å². The van der Waals surface area contributed by atoms with Gasteiger partial charge in [0.1, 0.15) is 0 Å². The molecule has 1 fully saturated rings. The molecule has 1 aromatic heterocycles. The SMILES string of the molecule is CC1CN(C)C(C)CC1Nc1cccc2cccnc12. The summed E-state index contributed by atoms with van der Waals surface area (Å²) in [5.41, 5.74) is 2.24. The third-order valence-corrected chi connectivity index (χ3v) is 4.58. The lowest BCUT2D eigenvalue weighted by Crippen LogP contribution is -2.48. The van der Waals surface area contributed by atoms with E-state index in [0.717, 1.165) is 17.7 Å². The highest BCUT2D eigenvalue weighted by Gasteiger charge is 2.28. The zero-order valence-corrected chi connectivity index (χ0v) is 12.5. The molecule has 0 bridgehead atoms. The van der Waals surface area contributed by atoms with Crippen molar-refractivity contribution in [1.29, 1.82) is 0 Å². The molecule has 2 heterocycles. The van der Waals surface area contributed by atoms with E-state index in [1.165, 1.54) is 11.8 Å². The predicted molar refractivity (Wildman–Crippen MR) is 85.0 cm³/mol. The number of likely N-dealkylation sites (tertiary alicyclic amines) is 1. The highest BCUT2D eigenvalue weighted by molar-refractivity contribution is 5.90. The number of rotatable bonds is 2. The van der Waals surface area contributed by atoms with Crippen LogP contribution in [-0.2, 0) is 0 Å². The molecule has 0 spiro atoms. The van der Waals surface area contributed by atoms with Gasteiger partial charge in [0, 0.05) is 30.2 Å². The normalized spacial score (nSPS) is 27.6. The summed E-state index contributed by atoms with van der Waals surface area (Å²) in [4.78, 5) is 6.98. The first kappa shape index (κ1) is 13.4. The number of hydrogen-bond donors (Lipinski definition) is 1. The van der Waals surface area contributed by atoms with E-state index in [4.69, 9.17) is 0 Å². The van der Waals surface area contributed by atoms with E-state index in [0.29, 0.717) is 18.0 Å². The van der Waals surface area contributed by atoms with Crippen molar-refractivity contribution in [2.75, 3.05) is 18.9 Å². The standard InChI is InChI=1S/C17H23N3/c1-12-11-20(3)13(2)10-16(12)19-15-8-4-6-14-7-5-9-18-17(14)15/h4-9,12-13,16,19H,10-11H2,1-3H3. The van der Waals surface area contributed by atoms with Gasteiger partial charge in [0.25, 0.3) is 0 Å². The highest BCUT2D eigenvalue weighted by atomic mass is 15.2. The molecule has 1 saturated heterocycles. The maximum absolute atomic E-state index is 4.53. The van der Waals surface area contributed by atoms with Crippen molar-refractivity contribution in [3.8, 4) is 0 Å². The van der Waals surface area contributed by atoms with Gasteiger partial charge < -0.3 is 10.2 Å². The summed E-state index contributed by atoms with van der Waals surface area (Å²) in [6.07, 6.45) is 3.05. The van der Waals surface area contributed by atoms with Gasteiger partial charge in [0.05, 0.1) is 11.2 Å². The van der Waals surface area contributed by atoms with Crippen LogP contribution in [0.2, 0.25) is 0 Å². The smallest absolute Gasteiger partial charge is 0.0933 e. The summed E-state index contributed by atoms with van der Waals surface area (Å²) in [6, 6.07) is 11.6. The minimum atomic E-state index is 0.522. The molecule has 1 aromatic carbocycles. The van der Waals surface area contributed by atoms with Crippen molar-refractivity contribution in [3.05, 3.63) is 36.5 Å². The zero-order valence-electron chi connectivity index (χ0n) is 12.5. The fourth-order valence-corrected chi connectivity index (χ4v) is 3.16. The van der Waals surface area contributed by atoms with Gasteiger partial charge in [-0.3, -0.25) is 4.98 Å². The van der Waals surface area contributed by atoms with Crippen molar-refractivity contribution in [2.45, 2.75) is 32.4 Å². The van der Waals surface area contributed by atoms with Crippen LogP contribution in [0, 0.1) is 5.92 Å². The van der Waals surface area contributed by atoms with E-state index in [-0.39, 0.29) is 0 Å². The van der Waals surface area contributed by atoms with Crippen LogP contribution in [0.4, 0.5) is 5.69 Å². The van der Waals surface area contributed by atoms with Gasteiger partial charge in [-0.05, 0) is 38.4 Å². The molecular formula is C17H23N3. The lowest BCUT2D eigenvalue weighted by atomic mass is 9.89. The van der Waals surface area contributed by atoms with Gasteiger partial charge in [0.15, 0.2) is 0 Å².